The first kappa shape index (κ1) is 15.7. The molecule has 0 spiro atoms. The van der Waals surface area contributed by atoms with Crippen molar-refractivity contribution >= 4 is 39.5 Å². The topological polar surface area (TPSA) is 38.9 Å². The summed E-state index contributed by atoms with van der Waals surface area (Å²) in [5.74, 6) is 0. The highest BCUT2D eigenvalue weighted by Gasteiger charge is 2.12. The zero-order valence-electron chi connectivity index (χ0n) is 11.5. The van der Waals surface area contributed by atoms with Gasteiger partial charge in [0.1, 0.15) is 5.01 Å². The molecule has 0 bridgehead atoms. The Morgan fingerprint density at radius 3 is 2.48 bits per heavy atom. The van der Waals surface area contributed by atoms with Crippen molar-refractivity contribution in [2.45, 2.75) is 12.5 Å². The molecule has 0 aliphatic heterocycles. The van der Waals surface area contributed by atoms with Crippen LogP contribution in [0.5, 0.6) is 0 Å². The number of benzene rings is 2. The van der Waals surface area contributed by atoms with Crippen LogP contribution in [0, 0.1) is 0 Å². The lowest BCUT2D eigenvalue weighted by molar-refractivity contribution is 0.751. The van der Waals surface area contributed by atoms with Crippen LogP contribution in [-0.2, 0) is 0 Å². The summed E-state index contributed by atoms with van der Waals surface area (Å²) < 4.78 is 1.19. The lowest BCUT2D eigenvalue weighted by atomic mass is 10.0. The quantitative estimate of drug-likeness (QED) is 0.749. The van der Waals surface area contributed by atoms with E-state index in [0.29, 0.717) is 0 Å². The Hall–Kier alpha value is -1.68. The molecule has 1 aromatic heterocycles. The second-order valence-electron chi connectivity index (χ2n) is 4.81. The number of nitrogens with zero attached hydrogens (tertiary/aromatic N) is 1. The van der Waals surface area contributed by atoms with Gasteiger partial charge in [-0.25, -0.2) is 4.98 Å². The molecule has 0 saturated carbocycles. The monoisotopic (exact) mass is 316 g/mol. The molecule has 2 nitrogen and oxygen atoms in total. The fraction of sp³-hybridized carbons (Fsp3) is 0.118. The number of nitrogens with two attached hydrogens (primary N) is 1. The van der Waals surface area contributed by atoms with Gasteiger partial charge >= 0.3 is 0 Å². The number of hydrogen-bond acceptors (Lipinski definition) is 3. The third-order valence-electron chi connectivity index (χ3n) is 3.29. The maximum Gasteiger partial charge on any atom is 0.120 e. The first-order valence-corrected chi connectivity index (χ1v) is 7.40. The lowest BCUT2D eigenvalue weighted by Gasteiger charge is -2.12. The van der Waals surface area contributed by atoms with Crippen molar-refractivity contribution in [3.63, 3.8) is 0 Å². The van der Waals surface area contributed by atoms with Crippen molar-refractivity contribution in [2.75, 3.05) is 0 Å². The van der Waals surface area contributed by atoms with Gasteiger partial charge in [-0.15, -0.1) is 23.7 Å². The Kier molecular flexibility index (Phi) is 5.12. The van der Waals surface area contributed by atoms with Gasteiger partial charge in [0.25, 0.3) is 0 Å². The summed E-state index contributed by atoms with van der Waals surface area (Å²) in [6.07, 6.45) is 0.726. The average Bonchev–Trinajstić information content (AvgIpc) is 2.92. The standard InChI is InChI=1S/C17H16N2S.ClH/c1-12(11-14(18)13-7-3-2-4-8-13)17-19-15-9-5-6-10-16(15)20-17;/h2-10,14H,1,11,18H2;1H. The normalized spacial score (nSPS) is 11.9. The number of rotatable bonds is 4. The van der Waals surface area contributed by atoms with Crippen LogP contribution in [0.2, 0.25) is 0 Å². The van der Waals surface area contributed by atoms with Crippen molar-refractivity contribution in [2.24, 2.45) is 5.73 Å². The van der Waals surface area contributed by atoms with Gasteiger partial charge in [0.15, 0.2) is 0 Å². The van der Waals surface area contributed by atoms with Crippen molar-refractivity contribution in [1.29, 1.82) is 0 Å². The third kappa shape index (κ3) is 3.50. The summed E-state index contributed by atoms with van der Waals surface area (Å²) in [6.45, 7) is 4.15. The van der Waals surface area contributed by atoms with Gasteiger partial charge in [-0.3, -0.25) is 0 Å². The van der Waals surface area contributed by atoms with E-state index in [1.165, 1.54) is 4.70 Å². The highest BCUT2D eigenvalue weighted by Crippen LogP contribution is 2.30. The maximum atomic E-state index is 6.24. The Balaban J connectivity index is 0.00000161. The molecule has 3 aromatic rings. The molecule has 0 aliphatic carbocycles. The first-order chi connectivity index (χ1) is 9.74. The smallest absolute Gasteiger partial charge is 0.120 e. The molecule has 1 atom stereocenters. The summed E-state index contributed by atoms with van der Waals surface area (Å²) in [7, 11) is 0. The lowest BCUT2D eigenvalue weighted by Crippen LogP contribution is -2.10. The van der Waals surface area contributed by atoms with Gasteiger partial charge in [-0.2, -0.15) is 0 Å². The second-order valence-corrected chi connectivity index (χ2v) is 5.84. The predicted molar refractivity (Wildman–Crippen MR) is 93.9 cm³/mol. The summed E-state index contributed by atoms with van der Waals surface area (Å²) in [5, 5.41) is 0.984. The van der Waals surface area contributed by atoms with E-state index in [9.17, 15) is 0 Å². The molecular formula is C17H17ClN2S. The maximum absolute atomic E-state index is 6.24. The van der Waals surface area contributed by atoms with E-state index in [1.807, 2.05) is 36.4 Å². The summed E-state index contributed by atoms with van der Waals surface area (Å²) in [6, 6.07) is 18.2. The van der Waals surface area contributed by atoms with E-state index in [4.69, 9.17) is 5.73 Å². The molecule has 3 rings (SSSR count). The van der Waals surface area contributed by atoms with Crippen LogP contribution in [0.4, 0.5) is 0 Å². The highest BCUT2D eigenvalue weighted by atomic mass is 35.5. The molecule has 0 saturated heterocycles. The van der Waals surface area contributed by atoms with E-state index in [2.05, 4.69) is 29.8 Å². The number of fused-ring (bicyclic) bond motifs is 1. The molecule has 0 aliphatic rings. The second kappa shape index (κ2) is 6.85. The Labute approximate surface area is 134 Å². The number of hydrogen-bond donors (Lipinski definition) is 1. The van der Waals surface area contributed by atoms with Gasteiger partial charge in [-0.1, -0.05) is 49.0 Å². The van der Waals surface area contributed by atoms with Crippen LogP contribution in [-0.4, -0.2) is 4.98 Å². The SMILES string of the molecule is C=C(CC(N)c1ccccc1)c1nc2ccccc2s1.Cl. The van der Waals surface area contributed by atoms with Crippen molar-refractivity contribution in [3.05, 3.63) is 71.7 Å². The average molecular weight is 317 g/mol. The minimum absolute atomic E-state index is 0. The van der Waals surface area contributed by atoms with E-state index in [0.717, 1.165) is 28.1 Å². The Bertz CT molecular complexity index is 704. The Morgan fingerprint density at radius 1 is 1.10 bits per heavy atom. The molecule has 0 radical (unpaired) electrons. The van der Waals surface area contributed by atoms with Crippen molar-refractivity contribution in [3.8, 4) is 0 Å². The van der Waals surface area contributed by atoms with E-state index < -0.39 is 0 Å². The van der Waals surface area contributed by atoms with Gasteiger partial charge in [0, 0.05) is 6.04 Å². The van der Waals surface area contributed by atoms with Crippen LogP contribution >= 0.6 is 23.7 Å². The van der Waals surface area contributed by atoms with Crippen LogP contribution in [0.15, 0.2) is 61.2 Å². The molecule has 0 amide bonds. The third-order valence-corrected chi connectivity index (χ3v) is 4.43. The summed E-state index contributed by atoms with van der Waals surface area (Å²) in [5.41, 5.74) is 9.41. The Morgan fingerprint density at radius 2 is 1.76 bits per heavy atom. The fourth-order valence-electron chi connectivity index (χ4n) is 2.19. The van der Waals surface area contributed by atoms with Gasteiger partial charge in [0.05, 0.1) is 10.2 Å². The first-order valence-electron chi connectivity index (χ1n) is 6.58. The minimum Gasteiger partial charge on any atom is -0.324 e. The molecule has 2 aromatic carbocycles. The number of thiazole rings is 1. The fourth-order valence-corrected chi connectivity index (χ4v) is 3.14. The zero-order chi connectivity index (χ0) is 13.9. The van der Waals surface area contributed by atoms with Crippen molar-refractivity contribution in [1.82, 2.24) is 4.98 Å². The summed E-state index contributed by atoms with van der Waals surface area (Å²) in [4.78, 5) is 4.62. The van der Waals surface area contributed by atoms with Gasteiger partial charge in [0.2, 0.25) is 0 Å². The minimum atomic E-state index is -0.0317. The molecular weight excluding hydrogens is 300 g/mol. The van der Waals surface area contributed by atoms with Crippen LogP contribution in [0.1, 0.15) is 23.0 Å². The number of halogens is 1. The molecule has 0 fully saturated rings. The van der Waals surface area contributed by atoms with E-state index in [1.54, 1.807) is 11.3 Å². The van der Waals surface area contributed by atoms with Gasteiger partial charge in [-0.05, 0) is 29.7 Å². The van der Waals surface area contributed by atoms with E-state index >= 15 is 0 Å². The highest BCUT2D eigenvalue weighted by molar-refractivity contribution is 7.19. The molecule has 1 unspecified atom stereocenters. The molecule has 21 heavy (non-hydrogen) atoms. The van der Waals surface area contributed by atoms with Crippen molar-refractivity contribution < 1.29 is 0 Å². The molecule has 2 N–H and O–H groups in total. The van der Waals surface area contributed by atoms with Crippen LogP contribution < -0.4 is 5.73 Å². The molecule has 1 heterocycles. The largest absolute Gasteiger partial charge is 0.324 e. The molecule has 4 heteroatoms. The number of para-hydroxylation sites is 1. The van der Waals surface area contributed by atoms with Gasteiger partial charge < -0.3 is 5.73 Å². The van der Waals surface area contributed by atoms with E-state index in [-0.39, 0.29) is 18.4 Å². The molecule has 108 valence electrons. The number of aromatic nitrogens is 1. The van der Waals surface area contributed by atoms with Crippen LogP contribution in [0.25, 0.3) is 15.8 Å². The zero-order valence-corrected chi connectivity index (χ0v) is 13.2. The summed E-state index contributed by atoms with van der Waals surface area (Å²) >= 11 is 1.68. The predicted octanol–water partition coefficient (Wildman–Crippen LogP) is 4.82. The van der Waals surface area contributed by atoms with Crippen LogP contribution in [0.3, 0.4) is 0 Å².